The molecule has 0 bridgehead atoms. The number of hydrogen-bond donors (Lipinski definition) is 0. The lowest BCUT2D eigenvalue weighted by molar-refractivity contribution is 0.373. The Morgan fingerprint density at radius 2 is 2.31 bits per heavy atom. The first-order valence-corrected chi connectivity index (χ1v) is 5.33. The molecule has 1 aromatic carbocycles. The Hall–Kier alpha value is -1.80. The molecular weight excluding hydrogens is 270 g/mol. The Morgan fingerprint density at radius 1 is 1.50 bits per heavy atom. The van der Waals surface area contributed by atoms with E-state index in [-0.39, 0.29) is 0 Å². The Labute approximate surface area is 101 Å². The summed E-state index contributed by atoms with van der Waals surface area (Å²) in [6.07, 6.45) is 1.79. The SMILES string of the molecule is COc1nc(Br)cn1-c1cccc(C#N)c1. The molecule has 80 valence electrons. The van der Waals surface area contributed by atoms with Gasteiger partial charge in [0.25, 0.3) is 0 Å². The van der Waals surface area contributed by atoms with Crippen molar-refractivity contribution in [3.05, 3.63) is 40.6 Å². The third-order valence-corrected chi connectivity index (χ3v) is 2.46. The molecule has 0 aliphatic carbocycles. The van der Waals surface area contributed by atoms with Crippen LogP contribution in [0.2, 0.25) is 0 Å². The highest BCUT2D eigenvalue weighted by molar-refractivity contribution is 9.10. The van der Waals surface area contributed by atoms with Gasteiger partial charge < -0.3 is 4.74 Å². The van der Waals surface area contributed by atoms with Crippen molar-refractivity contribution < 1.29 is 4.74 Å². The zero-order valence-electron chi connectivity index (χ0n) is 8.51. The molecule has 1 heterocycles. The lowest BCUT2D eigenvalue weighted by atomic mass is 10.2. The van der Waals surface area contributed by atoms with E-state index in [1.807, 2.05) is 12.1 Å². The van der Waals surface area contributed by atoms with Gasteiger partial charge in [-0.15, -0.1) is 0 Å². The molecule has 1 aromatic heterocycles. The van der Waals surface area contributed by atoms with E-state index in [0.717, 1.165) is 5.69 Å². The number of halogens is 1. The van der Waals surface area contributed by atoms with Crippen LogP contribution in [0, 0.1) is 11.3 Å². The maximum atomic E-state index is 8.83. The highest BCUT2D eigenvalue weighted by atomic mass is 79.9. The third kappa shape index (κ3) is 1.92. The number of imidazole rings is 1. The number of nitrogens with zero attached hydrogens (tertiary/aromatic N) is 3. The Bertz CT molecular complexity index is 557. The molecular formula is C11H8BrN3O. The number of ether oxygens (including phenoxy) is 1. The summed E-state index contributed by atoms with van der Waals surface area (Å²) in [6.45, 7) is 0. The van der Waals surface area contributed by atoms with Gasteiger partial charge in [-0.25, -0.2) is 0 Å². The second-order valence-corrected chi connectivity index (χ2v) is 3.89. The minimum Gasteiger partial charge on any atom is -0.468 e. The van der Waals surface area contributed by atoms with Crippen LogP contribution in [0.3, 0.4) is 0 Å². The summed E-state index contributed by atoms with van der Waals surface area (Å²) in [5.41, 5.74) is 1.44. The van der Waals surface area contributed by atoms with E-state index >= 15 is 0 Å². The van der Waals surface area contributed by atoms with Crippen molar-refractivity contribution in [2.24, 2.45) is 0 Å². The average Bonchev–Trinajstić information content (AvgIpc) is 2.70. The lowest BCUT2D eigenvalue weighted by Crippen LogP contribution is -1.97. The molecule has 0 saturated heterocycles. The van der Waals surface area contributed by atoms with E-state index in [2.05, 4.69) is 27.0 Å². The molecule has 0 unspecified atom stereocenters. The molecule has 0 saturated carbocycles. The van der Waals surface area contributed by atoms with E-state index in [1.54, 1.807) is 30.0 Å². The van der Waals surface area contributed by atoms with Gasteiger partial charge in [0.05, 0.1) is 24.4 Å². The smallest absolute Gasteiger partial charge is 0.301 e. The van der Waals surface area contributed by atoms with Crippen LogP contribution < -0.4 is 4.74 Å². The van der Waals surface area contributed by atoms with Crippen LogP contribution >= 0.6 is 15.9 Å². The molecule has 0 N–H and O–H groups in total. The molecule has 0 aliphatic heterocycles. The molecule has 2 aromatic rings. The van der Waals surface area contributed by atoms with Gasteiger partial charge in [0, 0.05) is 6.20 Å². The molecule has 16 heavy (non-hydrogen) atoms. The topological polar surface area (TPSA) is 50.8 Å². The fraction of sp³-hybridized carbons (Fsp3) is 0.0909. The summed E-state index contributed by atoms with van der Waals surface area (Å²) in [6, 6.07) is 9.80. The molecule has 0 radical (unpaired) electrons. The summed E-state index contributed by atoms with van der Waals surface area (Å²) in [4.78, 5) is 4.14. The molecule has 0 atom stereocenters. The van der Waals surface area contributed by atoms with Crippen LogP contribution in [0.1, 0.15) is 5.56 Å². The van der Waals surface area contributed by atoms with Gasteiger partial charge in [-0.1, -0.05) is 6.07 Å². The van der Waals surface area contributed by atoms with E-state index in [0.29, 0.717) is 16.2 Å². The number of nitriles is 1. The molecule has 0 aliphatic rings. The first-order chi connectivity index (χ1) is 7.74. The highest BCUT2D eigenvalue weighted by Crippen LogP contribution is 2.21. The van der Waals surface area contributed by atoms with Gasteiger partial charge in [0.1, 0.15) is 4.60 Å². The third-order valence-electron chi connectivity index (χ3n) is 2.08. The normalized spacial score (nSPS) is 9.81. The van der Waals surface area contributed by atoms with Crippen molar-refractivity contribution in [3.63, 3.8) is 0 Å². The second-order valence-electron chi connectivity index (χ2n) is 3.08. The molecule has 0 fully saturated rings. The number of rotatable bonds is 2. The van der Waals surface area contributed by atoms with E-state index in [1.165, 1.54) is 0 Å². The van der Waals surface area contributed by atoms with Gasteiger partial charge in [-0.05, 0) is 34.1 Å². The Balaban J connectivity index is 2.54. The average molecular weight is 278 g/mol. The largest absolute Gasteiger partial charge is 0.468 e. The molecule has 0 spiro atoms. The summed E-state index contributed by atoms with van der Waals surface area (Å²) in [7, 11) is 1.55. The van der Waals surface area contributed by atoms with Gasteiger partial charge in [0.15, 0.2) is 0 Å². The van der Waals surface area contributed by atoms with Crippen LogP contribution in [-0.4, -0.2) is 16.7 Å². The number of hydrogen-bond acceptors (Lipinski definition) is 3. The van der Waals surface area contributed by atoms with Crippen LogP contribution in [0.15, 0.2) is 35.1 Å². The molecule has 2 rings (SSSR count). The minimum atomic E-state index is 0.474. The van der Waals surface area contributed by atoms with Crippen molar-refractivity contribution in [1.82, 2.24) is 9.55 Å². The predicted molar refractivity (Wildman–Crippen MR) is 62.5 cm³/mol. The lowest BCUT2D eigenvalue weighted by Gasteiger charge is -2.05. The standard InChI is InChI=1S/C11H8BrN3O/c1-16-11-14-10(12)7-15(11)9-4-2-3-8(5-9)6-13/h2-5,7H,1H3. The maximum absolute atomic E-state index is 8.83. The number of benzene rings is 1. The van der Waals surface area contributed by atoms with E-state index in [9.17, 15) is 0 Å². The van der Waals surface area contributed by atoms with Gasteiger partial charge in [-0.2, -0.15) is 10.2 Å². The fourth-order valence-corrected chi connectivity index (χ4v) is 1.75. The van der Waals surface area contributed by atoms with Crippen molar-refractivity contribution in [1.29, 1.82) is 5.26 Å². The van der Waals surface area contributed by atoms with Gasteiger partial charge in [-0.3, -0.25) is 4.57 Å². The van der Waals surface area contributed by atoms with Crippen LogP contribution in [0.4, 0.5) is 0 Å². The van der Waals surface area contributed by atoms with Crippen molar-refractivity contribution in [3.8, 4) is 17.8 Å². The maximum Gasteiger partial charge on any atom is 0.301 e. The van der Waals surface area contributed by atoms with Crippen LogP contribution in [0.25, 0.3) is 5.69 Å². The summed E-state index contributed by atoms with van der Waals surface area (Å²) >= 11 is 3.28. The van der Waals surface area contributed by atoms with Crippen molar-refractivity contribution in [2.75, 3.05) is 7.11 Å². The van der Waals surface area contributed by atoms with Gasteiger partial charge in [0.2, 0.25) is 0 Å². The first kappa shape index (κ1) is 10.7. The zero-order chi connectivity index (χ0) is 11.5. The Kier molecular flexibility index (Phi) is 2.93. The van der Waals surface area contributed by atoms with Gasteiger partial charge >= 0.3 is 6.01 Å². The monoisotopic (exact) mass is 277 g/mol. The van der Waals surface area contributed by atoms with Crippen LogP contribution in [-0.2, 0) is 0 Å². The predicted octanol–water partition coefficient (Wildman–Crippen LogP) is 2.52. The van der Waals surface area contributed by atoms with Crippen molar-refractivity contribution >= 4 is 15.9 Å². The van der Waals surface area contributed by atoms with Crippen molar-refractivity contribution in [2.45, 2.75) is 0 Å². The minimum absolute atomic E-state index is 0.474. The van der Waals surface area contributed by atoms with E-state index < -0.39 is 0 Å². The highest BCUT2D eigenvalue weighted by Gasteiger charge is 2.08. The number of aromatic nitrogens is 2. The molecule has 0 amide bonds. The first-order valence-electron chi connectivity index (χ1n) is 4.54. The zero-order valence-corrected chi connectivity index (χ0v) is 10.1. The van der Waals surface area contributed by atoms with E-state index in [4.69, 9.17) is 10.00 Å². The summed E-state index contributed by atoms with van der Waals surface area (Å²) in [5.74, 6) is 0. The fourth-order valence-electron chi connectivity index (χ4n) is 1.39. The molecule has 4 nitrogen and oxygen atoms in total. The van der Waals surface area contributed by atoms with Crippen LogP contribution in [0.5, 0.6) is 6.01 Å². The summed E-state index contributed by atoms with van der Waals surface area (Å²) < 4.78 is 7.59. The molecule has 5 heteroatoms. The Morgan fingerprint density at radius 3 is 3.00 bits per heavy atom. The second kappa shape index (κ2) is 4.37. The number of methoxy groups -OCH3 is 1. The summed E-state index contributed by atoms with van der Waals surface area (Å²) in [5, 5.41) is 8.83. The quantitative estimate of drug-likeness (QED) is 0.848.